The zero-order valence-electron chi connectivity index (χ0n) is 13.6. The molecular weight excluding hydrogens is 310 g/mol. The third kappa shape index (κ3) is 3.28. The van der Waals surface area contributed by atoms with Gasteiger partial charge in [0.1, 0.15) is 5.75 Å². The summed E-state index contributed by atoms with van der Waals surface area (Å²) >= 11 is 1.46. The Bertz CT molecular complexity index is 778. The first-order valence-corrected chi connectivity index (χ1v) is 8.88. The Morgan fingerprint density at radius 2 is 2.04 bits per heavy atom. The Hall–Kier alpha value is -1.79. The number of nitrogens with zero attached hydrogens (tertiary/aromatic N) is 2. The number of aryl methyl sites for hydroxylation is 2. The summed E-state index contributed by atoms with van der Waals surface area (Å²) in [6.07, 6.45) is 2.71. The van der Waals surface area contributed by atoms with Gasteiger partial charge in [0.25, 0.3) is 5.56 Å². The molecule has 1 aliphatic rings. The number of aromatic nitrogens is 2. The number of hydrogen-bond donors (Lipinski definition) is 2. The second-order valence-electron chi connectivity index (χ2n) is 6.04. The van der Waals surface area contributed by atoms with Gasteiger partial charge in [-0.3, -0.25) is 9.69 Å². The van der Waals surface area contributed by atoms with E-state index in [2.05, 4.69) is 14.9 Å². The number of fused-ring (bicyclic) bond motifs is 1. The molecule has 0 fully saturated rings. The molecule has 1 aliphatic heterocycles. The van der Waals surface area contributed by atoms with Gasteiger partial charge in [0, 0.05) is 26.1 Å². The zero-order valence-corrected chi connectivity index (χ0v) is 14.5. The lowest BCUT2D eigenvalue weighted by atomic mass is 10.0. The summed E-state index contributed by atoms with van der Waals surface area (Å²) in [5.74, 6) is 0.364. The van der Waals surface area contributed by atoms with E-state index in [9.17, 15) is 9.90 Å². The van der Waals surface area contributed by atoms with E-state index in [0.717, 1.165) is 47.5 Å². The van der Waals surface area contributed by atoms with Crippen LogP contribution < -0.4 is 5.56 Å². The molecule has 0 saturated carbocycles. The average molecular weight is 331 g/mol. The predicted octanol–water partition coefficient (Wildman–Crippen LogP) is 2.37. The molecule has 0 amide bonds. The molecule has 5 nitrogen and oxygen atoms in total. The van der Waals surface area contributed by atoms with Gasteiger partial charge < -0.3 is 10.1 Å². The maximum absolute atomic E-state index is 12.2. The van der Waals surface area contributed by atoms with Crippen LogP contribution >= 0.6 is 11.8 Å². The molecule has 1 aromatic heterocycles. The first kappa shape index (κ1) is 16.1. The second kappa shape index (κ2) is 6.37. The van der Waals surface area contributed by atoms with E-state index in [-0.39, 0.29) is 5.56 Å². The number of phenols is 1. The fourth-order valence-corrected chi connectivity index (χ4v) is 3.48. The van der Waals surface area contributed by atoms with Gasteiger partial charge in [-0.2, -0.15) is 0 Å². The smallest absolute Gasteiger partial charge is 0.256 e. The first-order valence-electron chi connectivity index (χ1n) is 7.65. The van der Waals surface area contributed by atoms with Crippen molar-refractivity contribution in [3.63, 3.8) is 0 Å². The second-order valence-corrected chi connectivity index (χ2v) is 6.83. The molecular formula is C17H21N3O2S. The van der Waals surface area contributed by atoms with E-state index in [1.165, 1.54) is 11.8 Å². The third-order valence-corrected chi connectivity index (χ3v) is 4.86. The molecule has 2 N–H and O–H groups in total. The van der Waals surface area contributed by atoms with Crippen molar-refractivity contribution >= 4 is 11.8 Å². The molecule has 0 saturated heterocycles. The van der Waals surface area contributed by atoms with Crippen LogP contribution in [0.5, 0.6) is 5.75 Å². The maximum Gasteiger partial charge on any atom is 0.256 e. The van der Waals surface area contributed by atoms with Crippen LogP contribution in [0.25, 0.3) is 0 Å². The fraction of sp³-hybridized carbons (Fsp3) is 0.412. The number of rotatable bonds is 3. The highest BCUT2D eigenvalue weighted by Crippen LogP contribution is 2.25. The van der Waals surface area contributed by atoms with E-state index in [0.29, 0.717) is 17.5 Å². The fourth-order valence-electron chi connectivity index (χ4n) is 3.08. The Morgan fingerprint density at radius 3 is 2.70 bits per heavy atom. The normalized spacial score (nSPS) is 14.7. The van der Waals surface area contributed by atoms with Crippen molar-refractivity contribution in [3.8, 4) is 5.75 Å². The van der Waals surface area contributed by atoms with Crippen LogP contribution in [-0.2, 0) is 19.5 Å². The maximum atomic E-state index is 12.2. The standard InChI is InChI=1S/C17H21N3O2S/c1-10-6-12(7-11(2)15(10)21)8-20-5-4-14-13(9-20)16(22)19-17(18-14)23-3/h6-7,21H,4-5,8-9H2,1-3H3,(H,18,19,22). The van der Waals surface area contributed by atoms with Crippen LogP contribution in [0.1, 0.15) is 27.9 Å². The number of phenolic OH excluding ortho intramolecular Hbond substituents is 1. The van der Waals surface area contributed by atoms with Crippen LogP contribution in [0.4, 0.5) is 0 Å². The summed E-state index contributed by atoms with van der Waals surface area (Å²) in [4.78, 5) is 21.8. The Balaban J connectivity index is 1.81. The van der Waals surface area contributed by atoms with Crippen LogP contribution in [0.3, 0.4) is 0 Å². The first-order chi connectivity index (χ1) is 11.0. The number of benzene rings is 1. The quantitative estimate of drug-likeness (QED) is 0.667. The summed E-state index contributed by atoms with van der Waals surface area (Å²) in [6.45, 7) is 6.10. The lowest BCUT2D eigenvalue weighted by molar-refractivity contribution is 0.240. The van der Waals surface area contributed by atoms with E-state index >= 15 is 0 Å². The molecule has 2 aromatic rings. The molecule has 0 bridgehead atoms. The van der Waals surface area contributed by atoms with Gasteiger partial charge in [0.15, 0.2) is 5.16 Å². The topological polar surface area (TPSA) is 69.2 Å². The molecule has 0 unspecified atom stereocenters. The van der Waals surface area contributed by atoms with Crippen molar-refractivity contribution in [3.05, 3.63) is 50.4 Å². The molecule has 0 aliphatic carbocycles. The Morgan fingerprint density at radius 1 is 1.35 bits per heavy atom. The summed E-state index contributed by atoms with van der Waals surface area (Å²) in [6, 6.07) is 4.02. The van der Waals surface area contributed by atoms with E-state index in [1.54, 1.807) is 0 Å². The summed E-state index contributed by atoms with van der Waals surface area (Å²) < 4.78 is 0. The largest absolute Gasteiger partial charge is 0.507 e. The highest BCUT2D eigenvalue weighted by molar-refractivity contribution is 7.98. The summed E-state index contributed by atoms with van der Waals surface area (Å²) in [7, 11) is 0. The zero-order chi connectivity index (χ0) is 16.6. The van der Waals surface area contributed by atoms with Gasteiger partial charge in [-0.1, -0.05) is 23.9 Å². The Labute approximate surface area is 139 Å². The molecule has 23 heavy (non-hydrogen) atoms. The highest BCUT2D eigenvalue weighted by Gasteiger charge is 2.21. The van der Waals surface area contributed by atoms with E-state index in [4.69, 9.17) is 0 Å². The lowest BCUT2D eigenvalue weighted by Crippen LogP contribution is -2.35. The minimum atomic E-state index is -0.0258. The molecule has 0 spiro atoms. The van der Waals surface area contributed by atoms with Crippen LogP contribution in [0, 0.1) is 13.8 Å². The Kier molecular flexibility index (Phi) is 4.46. The number of aromatic amines is 1. The number of hydrogen-bond acceptors (Lipinski definition) is 5. The third-order valence-electron chi connectivity index (χ3n) is 4.28. The number of H-pyrrole nitrogens is 1. The van der Waals surface area contributed by atoms with Crippen LogP contribution in [0.2, 0.25) is 0 Å². The van der Waals surface area contributed by atoms with E-state index in [1.807, 2.05) is 32.2 Å². The van der Waals surface area contributed by atoms with Gasteiger partial charge in [0.05, 0.1) is 11.3 Å². The minimum absolute atomic E-state index is 0.0258. The SMILES string of the molecule is CSc1nc2c(c(=O)[nH]1)CN(Cc1cc(C)c(O)c(C)c1)CC2. The van der Waals surface area contributed by atoms with Crippen molar-refractivity contribution in [1.29, 1.82) is 0 Å². The van der Waals surface area contributed by atoms with Gasteiger partial charge in [-0.05, 0) is 36.8 Å². The summed E-state index contributed by atoms with van der Waals surface area (Å²) in [5.41, 5.74) is 4.62. The minimum Gasteiger partial charge on any atom is -0.507 e. The van der Waals surface area contributed by atoms with Crippen molar-refractivity contribution in [1.82, 2.24) is 14.9 Å². The predicted molar refractivity (Wildman–Crippen MR) is 92.0 cm³/mol. The molecule has 1 aromatic carbocycles. The van der Waals surface area contributed by atoms with Crippen molar-refractivity contribution in [2.45, 2.75) is 38.5 Å². The molecule has 122 valence electrons. The average Bonchev–Trinajstić information content (AvgIpc) is 2.53. The monoisotopic (exact) mass is 331 g/mol. The summed E-state index contributed by atoms with van der Waals surface area (Å²) in [5, 5.41) is 10.6. The van der Waals surface area contributed by atoms with Crippen molar-refractivity contribution in [2.75, 3.05) is 12.8 Å². The van der Waals surface area contributed by atoms with Gasteiger partial charge in [-0.25, -0.2) is 4.98 Å². The number of nitrogens with one attached hydrogen (secondary N) is 1. The number of aromatic hydroxyl groups is 1. The van der Waals surface area contributed by atoms with Crippen LogP contribution in [-0.4, -0.2) is 32.8 Å². The van der Waals surface area contributed by atoms with Crippen molar-refractivity contribution < 1.29 is 5.11 Å². The molecule has 0 radical (unpaired) electrons. The molecule has 2 heterocycles. The molecule has 3 rings (SSSR count). The van der Waals surface area contributed by atoms with Gasteiger partial charge in [-0.15, -0.1) is 0 Å². The van der Waals surface area contributed by atoms with Crippen LogP contribution in [0.15, 0.2) is 22.1 Å². The van der Waals surface area contributed by atoms with E-state index < -0.39 is 0 Å². The van der Waals surface area contributed by atoms with Gasteiger partial charge in [0.2, 0.25) is 0 Å². The van der Waals surface area contributed by atoms with Gasteiger partial charge >= 0.3 is 0 Å². The molecule has 0 atom stereocenters. The number of thioether (sulfide) groups is 1. The highest BCUT2D eigenvalue weighted by atomic mass is 32.2. The lowest BCUT2D eigenvalue weighted by Gasteiger charge is -2.28. The molecule has 6 heteroatoms. The van der Waals surface area contributed by atoms with Crippen molar-refractivity contribution in [2.24, 2.45) is 0 Å².